The summed E-state index contributed by atoms with van der Waals surface area (Å²) in [6, 6.07) is 0.463. The van der Waals surface area contributed by atoms with Gasteiger partial charge in [-0.1, -0.05) is 0 Å². The molecule has 3 heteroatoms. The highest BCUT2D eigenvalue weighted by molar-refractivity contribution is 5.20. The van der Waals surface area contributed by atoms with Crippen molar-refractivity contribution in [3.05, 3.63) is 17.5 Å². The highest BCUT2D eigenvalue weighted by Crippen LogP contribution is 2.25. The van der Waals surface area contributed by atoms with Crippen molar-refractivity contribution in [2.45, 2.75) is 45.6 Å². The van der Waals surface area contributed by atoms with Gasteiger partial charge in [0.1, 0.15) is 0 Å². The van der Waals surface area contributed by atoms with Gasteiger partial charge in [0.15, 0.2) is 0 Å². The van der Waals surface area contributed by atoms with Gasteiger partial charge in [0.25, 0.3) is 0 Å². The Hall–Kier alpha value is -0.830. The summed E-state index contributed by atoms with van der Waals surface area (Å²) in [4.78, 5) is 0. The molecule has 2 N–H and O–H groups in total. The lowest BCUT2D eigenvalue weighted by atomic mass is 10.0. The van der Waals surface area contributed by atoms with E-state index < -0.39 is 0 Å². The molecule has 0 bridgehead atoms. The Morgan fingerprint density at radius 3 is 3.07 bits per heavy atom. The third-order valence-electron chi connectivity index (χ3n) is 3.35. The molecule has 1 aromatic heterocycles. The van der Waals surface area contributed by atoms with Crippen LogP contribution in [0.5, 0.6) is 0 Å². The summed E-state index contributed by atoms with van der Waals surface area (Å²) < 4.78 is 2.17. The summed E-state index contributed by atoms with van der Waals surface area (Å²) in [5.74, 6) is 0.653. The van der Waals surface area contributed by atoms with Gasteiger partial charge >= 0.3 is 0 Å². The predicted octanol–water partition coefficient (Wildman–Crippen LogP) is 1.92. The topological polar surface area (TPSA) is 43.8 Å². The molecule has 1 aromatic rings. The van der Waals surface area contributed by atoms with E-state index >= 15 is 0 Å². The Bertz CT molecular complexity index is 328. The lowest BCUT2D eigenvalue weighted by molar-refractivity contribution is 0.449. The smallest absolute Gasteiger partial charge is 0.0524 e. The number of aryl methyl sites for hydroxylation is 1. The van der Waals surface area contributed by atoms with Crippen molar-refractivity contribution in [1.29, 1.82) is 0 Å². The minimum absolute atomic E-state index is 0.463. The molecule has 3 nitrogen and oxygen atoms in total. The van der Waals surface area contributed by atoms with E-state index in [0.717, 1.165) is 13.0 Å². The van der Waals surface area contributed by atoms with E-state index in [9.17, 15) is 0 Å². The highest BCUT2D eigenvalue weighted by atomic mass is 15.3. The van der Waals surface area contributed by atoms with Gasteiger partial charge in [-0.3, -0.25) is 4.68 Å². The van der Waals surface area contributed by atoms with Gasteiger partial charge in [0.05, 0.1) is 6.20 Å². The number of hydrogen-bond donors (Lipinski definition) is 1. The van der Waals surface area contributed by atoms with Crippen LogP contribution in [0.2, 0.25) is 0 Å². The summed E-state index contributed by atoms with van der Waals surface area (Å²) >= 11 is 0. The fraction of sp³-hybridized carbons (Fsp3) is 0.750. The van der Waals surface area contributed by atoms with Crippen LogP contribution in [0.4, 0.5) is 0 Å². The predicted molar refractivity (Wildman–Crippen MR) is 61.8 cm³/mol. The maximum Gasteiger partial charge on any atom is 0.0524 e. The Kier molecular flexibility index (Phi) is 3.10. The molecule has 0 saturated carbocycles. The molecule has 0 aromatic carbocycles. The average Bonchev–Trinajstić information content (AvgIpc) is 2.49. The van der Waals surface area contributed by atoms with Crippen LogP contribution in [-0.4, -0.2) is 16.3 Å². The number of nitrogens with two attached hydrogens (primary N) is 1. The summed E-state index contributed by atoms with van der Waals surface area (Å²) in [5, 5.41) is 4.48. The zero-order valence-corrected chi connectivity index (χ0v) is 9.74. The Balaban J connectivity index is 2.29. The zero-order valence-electron chi connectivity index (χ0n) is 9.74. The van der Waals surface area contributed by atoms with E-state index in [4.69, 9.17) is 5.73 Å². The maximum absolute atomic E-state index is 5.80. The van der Waals surface area contributed by atoms with E-state index in [-0.39, 0.29) is 0 Å². The molecule has 1 heterocycles. The third-order valence-corrected chi connectivity index (χ3v) is 3.35. The van der Waals surface area contributed by atoms with Crippen molar-refractivity contribution in [1.82, 2.24) is 9.78 Å². The van der Waals surface area contributed by atoms with E-state index in [1.54, 1.807) is 0 Å². The molecule has 0 fully saturated rings. The first-order valence-corrected chi connectivity index (χ1v) is 5.97. The first-order valence-electron chi connectivity index (χ1n) is 5.97. The summed E-state index contributed by atoms with van der Waals surface area (Å²) in [6.07, 6.45) is 6.87. The molecule has 0 spiro atoms. The minimum Gasteiger partial charge on any atom is -0.330 e. The van der Waals surface area contributed by atoms with Gasteiger partial charge in [-0.2, -0.15) is 5.10 Å². The second-order valence-corrected chi connectivity index (χ2v) is 4.85. The molecular weight excluding hydrogens is 186 g/mol. The third kappa shape index (κ3) is 2.07. The van der Waals surface area contributed by atoms with E-state index in [0.29, 0.717) is 12.0 Å². The van der Waals surface area contributed by atoms with Crippen LogP contribution in [0.15, 0.2) is 6.20 Å². The zero-order chi connectivity index (χ0) is 10.8. The van der Waals surface area contributed by atoms with Crippen LogP contribution in [0.3, 0.4) is 0 Å². The first-order chi connectivity index (χ1) is 7.22. The van der Waals surface area contributed by atoms with Crippen LogP contribution in [0, 0.1) is 5.92 Å². The molecule has 1 aliphatic rings. The molecule has 0 saturated heterocycles. The average molecular weight is 207 g/mol. The molecule has 84 valence electrons. The highest BCUT2D eigenvalue weighted by Gasteiger charge is 2.20. The van der Waals surface area contributed by atoms with Crippen molar-refractivity contribution < 1.29 is 0 Å². The number of rotatable bonds is 2. The van der Waals surface area contributed by atoms with Crippen molar-refractivity contribution in [2.75, 3.05) is 6.54 Å². The molecule has 0 radical (unpaired) electrons. The largest absolute Gasteiger partial charge is 0.330 e. The Morgan fingerprint density at radius 2 is 2.40 bits per heavy atom. The first kappa shape index (κ1) is 10.7. The standard InChI is InChI=1S/C12H21N3/c1-9(2)15-12-6-10(7-13)4-3-5-11(12)8-14-15/h8-10H,3-7,13H2,1-2H3/t10-/m1/s1. The van der Waals surface area contributed by atoms with Gasteiger partial charge in [-0.25, -0.2) is 0 Å². The van der Waals surface area contributed by atoms with Crippen LogP contribution in [0.25, 0.3) is 0 Å². The lowest BCUT2D eigenvalue weighted by Gasteiger charge is -2.15. The fourth-order valence-electron chi connectivity index (χ4n) is 2.46. The lowest BCUT2D eigenvalue weighted by Crippen LogP contribution is -2.18. The molecule has 0 aliphatic heterocycles. The Morgan fingerprint density at radius 1 is 1.60 bits per heavy atom. The van der Waals surface area contributed by atoms with Crippen molar-refractivity contribution in [3.8, 4) is 0 Å². The quantitative estimate of drug-likeness (QED) is 0.753. The van der Waals surface area contributed by atoms with Gasteiger partial charge in [-0.15, -0.1) is 0 Å². The van der Waals surface area contributed by atoms with E-state index in [2.05, 4.69) is 23.6 Å². The van der Waals surface area contributed by atoms with Crippen LogP contribution in [-0.2, 0) is 12.8 Å². The summed E-state index contributed by atoms with van der Waals surface area (Å²) in [5.41, 5.74) is 8.67. The molecule has 2 rings (SSSR count). The summed E-state index contributed by atoms with van der Waals surface area (Å²) in [6.45, 7) is 5.19. The molecule has 0 amide bonds. The number of hydrogen-bond acceptors (Lipinski definition) is 2. The Labute approximate surface area is 91.7 Å². The van der Waals surface area contributed by atoms with E-state index in [1.807, 2.05) is 6.20 Å². The minimum atomic E-state index is 0.463. The molecule has 15 heavy (non-hydrogen) atoms. The van der Waals surface area contributed by atoms with Crippen molar-refractivity contribution in [3.63, 3.8) is 0 Å². The monoisotopic (exact) mass is 207 g/mol. The number of aromatic nitrogens is 2. The fourth-order valence-corrected chi connectivity index (χ4v) is 2.46. The van der Waals surface area contributed by atoms with Crippen LogP contribution < -0.4 is 5.73 Å². The SMILES string of the molecule is CC(C)n1ncc2c1C[C@H](CN)CCC2. The van der Waals surface area contributed by atoms with Gasteiger partial charge in [0.2, 0.25) is 0 Å². The normalized spacial score (nSPS) is 21.5. The van der Waals surface area contributed by atoms with Gasteiger partial charge in [0, 0.05) is 11.7 Å². The second kappa shape index (κ2) is 4.35. The van der Waals surface area contributed by atoms with Crippen LogP contribution >= 0.6 is 0 Å². The van der Waals surface area contributed by atoms with Crippen LogP contribution in [0.1, 0.15) is 44.0 Å². The molecule has 0 unspecified atom stereocenters. The summed E-state index contributed by atoms with van der Waals surface area (Å²) in [7, 11) is 0. The molecular formula is C12H21N3. The number of nitrogens with zero attached hydrogens (tertiary/aromatic N) is 2. The van der Waals surface area contributed by atoms with E-state index in [1.165, 1.54) is 30.5 Å². The molecule has 1 atom stereocenters. The number of fused-ring (bicyclic) bond motifs is 1. The molecule has 1 aliphatic carbocycles. The van der Waals surface area contributed by atoms with Crippen molar-refractivity contribution >= 4 is 0 Å². The van der Waals surface area contributed by atoms with Crippen molar-refractivity contribution in [2.24, 2.45) is 11.7 Å². The maximum atomic E-state index is 5.80. The second-order valence-electron chi connectivity index (χ2n) is 4.85. The van der Waals surface area contributed by atoms with Gasteiger partial charge < -0.3 is 5.73 Å². The van der Waals surface area contributed by atoms with Gasteiger partial charge in [-0.05, 0) is 57.6 Å².